The molecule has 0 aliphatic heterocycles. The Labute approximate surface area is 121 Å². The topological polar surface area (TPSA) is 28.2 Å². The lowest BCUT2D eigenvalue weighted by Crippen LogP contribution is -2.24. The van der Waals surface area contributed by atoms with Crippen LogP contribution in [0.25, 0.3) is 0 Å². The van der Waals surface area contributed by atoms with Crippen LogP contribution >= 0.6 is 0 Å². The third-order valence-corrected chi connectivity index (χ3v) is 3.25. The summed E-state index contributed by atoms with van der Waals surface area (Å²) >= 11 is 0. The molecule has 0 saturated carbocycles. The van der Waals surface area contributed by atoms with Crippen molar-refractivity contribution < 1.29 is 0 Å². The third-order valence-electron chi connectivity index (χ3n) is 3.25. The van der Waals surface area contributed by atoms with E-state index in [1.807, 2.05) is 18.5 Å². The van der Waals surface area contributed by atoms with Gasteiger partial charge in [0.25, 0.3) is 0 Å². The molecule has 0 unspecified atom stereocenters. The lowest BCUT2D eigenvalue weighted by Gasteiger charge is -2.23. The summed E-state index contributed by atoms with van der Waals surface area (Å²) < 4.78 is 0. The van der Waals surface area contributed by atoms with Crippen LogP contribution in [-0.2, 0) is 13.1 Å². The minimum absolute atomic E-state index is 0.492. The number of rotatable bonds is 6. The molecular weight excluding hydrogens is 246 g/mol. The van der Waals surface area contributed by atoms with Crippen molar-refractivity contribution in [1.82, 2.24) is 10.3 Å². The summed E-state index contributed by atoms with van der Waals surface area (Å²) in [6.45, 7) is 6.10. The normalized spacial score (nSPS) is 10.8. The first kappa shape index (κ1) is 14.5. The number of nitrogens with one attached hydrogen (secondary N) is 1. The fraction of sp³-hybridized carbons (Fsp3) is 0.353. The molecule has 0 bridgehead atoms. The lowest BCUT2D eigenvalue weighted by atomic mass is 10.1. The highest BCUT2D eigenvalue weighted by Crippen LogP contribution is 2.20. The Bertz CT molecular complexity index is 523. The molecule has 0 fully saturated rings. The van der Waals surface area contributed by atoms with E-state index in [1.54, 1.807) is 0 Å². The summed E-state index contributed by atoms with van der Waals surface area (Å²) in [4.78, 5) is 6.45. The number of benzene rings is 1. The molecule has 3 nitrogen and oxygen atoms in total. The number of hydrogen-bond acceptors (Lipinski definition) is 3. The van der Waals surface area contributed by atoms with Crippen molar-refractivity contribution >= 4 is 5.69 Å². The Balaban J connectivity index is 2.11. The first-order valence-electron chi connectivity index (χ1n) is 7.08. The van der Waals surface area contributed by atoms with Crippen LogP contribution in [0.4, 0.5) is 5.69 Å². The quantitative estimate of drug-likeness (QED) is 0.872. The molecule has 0 saturated heterocycles. The predicted molar refractivity (Wildman–Crippen MR) is 84.8 cm³/mol. The number of pyridine rings is 1. The Morgan fingerprint density at radius 1 is 1.15 bits per heavy atom. The van der Waals surface area contributed by atoms with E-state index in [-0.39, 0.29) is 0 Å². The van der Waals surface area contributed by atoms with Gasteiger partial charge in [0.1, 0.15) is 0 Å². The van der Waals surface area contributed by atoms with Crippen molar-refractivity contribution in [2.45, 2.75) is 33.0 Å². The SMILES string of the molecule is CC(C)NCc1ccccc1N(C)Cc1cccnc1. The maximum Gasteiger partial charge on any atom is 0.0441 e. The van der Waals surface area contributed by atoms with Crippen molar-refractivity contribution in [3.63, 3.8) is 0 Å². The average molecular weight is 269 g/mol. The van der Waals surface area contributed by atoms with Crippen molar-refractivity contribution in [2.75, 3.05) is 11.9 Å². The summed E-state index contributed by atoms with van der Waals surface area (Å²) in [6.07, 6.45) is 3.73. The highest BCUT2D eigenvalue weighted by atomic mass is 15.1. The maximum absolute atomic E-state index is 4.17. The molecule has 0 atom stereocenters. The van der Waals surface area contributed by atoms with Gasteiger partial charge in [0.15, 0.2) is 0 Å². The molecule has 3 heteroatoms. The number of aromatic nitrogens is 1. The minimum Gasteiger partial charge on any atom is -0.370 e. The second-order valence-electron chi connectivity index (χ2n) is 5.38. The van der Waals surface area contributed by atoms with Crippen LogP contribution in [0.5, 0.6) is 0 Å². The fourth-order valence-corrected chi connectivity index (χ4v) is 2.20. The number of hydrogen-bond donors (Lipinski definition) is 1. The monoisotopic (exact) mass is 269 g/mol. The molecule has 0 spiro atoms. The first-order chi connectivity index (χ1) is 9.66. The van der Waals surface area contributed by atoms with E-state index in [0.29, 0.717) is 6.04 Å². The highest BCUT2D eigenvalue weighted by molar-refractivity contribution is 5.53. The zero-order valence-corrected chi connectivity index (χ0v) is 12.5. The molecule has 0 aliphatic carbocycles. The highest BCUT2D eigenvalue weighted by Gasteiger charge is 2.07. The van der Waals surface area contributed by atoms with Crippen LogP contribution in [0.15, 0.2) is 48.8 Å². The van der Waals surface area contributed by atoms with E-state index in [9.17, 15) is 0 Å². The van der Waals surface area contributed by atoms with Crippen molar-refractivity contribution in [3.8, 4) is 0 Å². The van der Waals surface area contributed by atoms with E-state index in [0.717, 1.165) is 13.1 Å². The van der Waals surface area contributed by atoms with Gasteiger partial charge in [-0.25, -0.2) is 0 Å². The van der Waals surface area contributed by atoms with Crippen LogP contribution in [0.2, 0.25) is 0 Å². The van der Waals surface area contributed by atoms with E-state index >= 15 is 0 Å². The summed E-state index contributed by atoms with van der Waals surface area (Å²) in [5.41, 5.74) is 3.82. The zero-order valence-electron chi connectivity index (χ0n) is 12.5. The molecule has 20 heavy (non-hydrogen) atoms. The van der Waals surface area contributed by atoms with Gasteiger partial charge in [-0.2, -0.15) is 0 Å². The Kier molecular flexibility index (Phi) is 5.13. The summed E-state index contributed by atoms with van der Waals surface area (Å²) in [7, 11) is 2.13. The largest absolute Gasteiger partial charge is 0.370 e. The molecule has 1 aromatic heterocycles. The van der Waals surface area contributed by atoms with Gasteiger partial charge in [0.2, 0.25) is 0 Å². The fourth-order valence-electron chi connectivity index (χ4n) is 2.20. The van der Waals surface area contributed by atoms with E-state index in [4.69, 9.17) is 0 Å². The second kappa shape index (κ2) is 7.06. The van der Waals surface area contributed by atoms with E-state index in [2.05, 4.69) is 66.4 Å². The van der Waals surface area contributed by atoms with Crippen LogP contribution < -0.4 is 10.2 Å². The molecule has 0 amide bonds. The zero-order chi connectivity index (χ0) is 14.4. The van der Waals surface area contributed by atoms with Crippen molar-refractivity contribution in [2.24, 2.45) is 0 Å². The summed E-state index contributed by atoms with van der Waals surface area (Å²) in [5, 5.41) is 3.48. The Hall–Kier alpha value is -1.87. The molecule has 106 valence electrons. The lowest BCUT2D eigenvalue weighted by molar-refractivity contribution is 0.588. The van der Waals surface area contributed by atoms with Crippen molar-refractivity contribution in [1.29, 1.82) is 0 Å². The van der Waals surface area contributed by atoms with Gasteiger partial charge in [-0.3, -0.25) is 4.98 Å². The molecule has 0 aliphatic rings. The number of nitrogens with zero attached hydrogens (tertiary/aromatic N) is 2. The molecule has 1 N–H and O–H groups in total. The van der Waals surface area contributed by atoms with Gasteiger partial charge in [0, 0.05) is 44.3 Å². The van der Waals surface area contributed by atoms with Gasteiger partial charge in [-0.05, 0) is 23.3 Å². The third kappa shape index (κ3) is 4.07. The van der Waals surface area contributed by atoms with Gasteiger partial charge in [0.05, 0.1) is 0 Å². The van der Waals surface area contributed by atoms with Crippen LogP contribution in [0, 0.1) is 0 Å². The molecule has 2 rings (SSSR count). The first-order valence-corrected chi connectivity index (χ1v) is 7.08. The van der Waals surface area contributed by atoms with Crippen LogP contribution in [-0.4, -0.2) is 18.1 Å². The van der Waals surface area contributed by atoms with Gasteiger partial charge < -0.3 is 10.2 Å². The summed E-state index contributed by atoms with van der Waals surface area (Å²) in [6, 6.07) is 13.1. The molecular formula is C17H23N3. The molecule has 1 aromatic carbocycles. The van der Waals surface area contributed by atoms with Gasteiger partial charge in [-0.15, -0.1) is 0 Å². The smallest absolute Gasteiger partial charge is 0.0441 e. The molecule has 1 heterocycles. The number of para-hydroxylation sites is 1. The summed E-state index contributed by atoms with van der Waals surface area (Å²) in [5.74, 6) is 0. The molecule has 2 aromatic rings. The van der Waals surface area contributed by atoms with E-state index < -0.39 is 0 Å². The average Bonchev–Trinajstić information content (AvgIpc) is 2.46. The standard InChI is InChI=1S/C17H23N3/c1-14(2)19-12-16-8-4-5-9-17(16)20(3)13-15-7-6-10-18-11-15/h4-11,14,19H,12-13H2,1-3H3. The van der Waals surface area contributed by atoms with Gasteiger partial charge in [-0.1, -0.05) is 38.1 Å². The van der Waals surface area contributed by atoms with Crippen LogP contribution in [0.1, 0.15) is 25.0 Å². The maximum atomic E-state index is 4.17. The number of anilines is 1. The van der Waals surface area contributed by atoms with Gasteiger partial charge >= 0.3 is 0 Å². The van der Waals surface area contributed by atoms with Crippen LogP contribution in [0.3, 0.4) is 0 Å². The minimum atomic E-state index is 0.492. The Morgan fingerprint density at radius 3 is 2.65 bits per heavy atom. The molecule has 0 radical (unpaired) electrons. The Morgan fingerprint density at radius 2 is 1.95 bits per heavy atom. The second-order valence-corrected chi connectivity index (χ2v) is 5.38. The van der Waals surface area contributed by atoms with Crippen molar-refractivity contribution in [3.05, 3.63) is 59.9 Å². The predicted octanol–water partition coefficient (Wildman–Crippen LogP) is 3.22. The van der Waals surface area contributed by atoms with E-state index in [1.165, 1.54) is 16.8 Å².